The molecule has 1 atom stereocenters. The summed E-state index contributed by atoms with van der Waals surface area (Å²) < 4.78 is 0. The van der Waals surface area contributed by atoms with Gasteiger partial charge in [-0.2, -0.15) is 0 Å². The Hall–Kier alpha value is -2.37. The van der Waals surface area contributed by atoms with Gasteiger partial charge in [-0.1, -0.05) is 33.8 Å². The van der Waals surface area contributed by atoms with Crippen molar-refractivity contribution in [2.75, 3.05) is 13.1 Å². The van der Waals surface area contributed by atoms with Crippen LogP contribution < -0.4 is 5.32 Å². The van der Waals surface area contributed by atoms with Crippen molar-refractivity contribution in [1.82, 2.24) is 10.2 Å². The van der Waals surface area contributed by atoms with Gasteiger partial charge in [0.05, 0.1) is 0 Å². The van der Waals surface area contributed by atoms with Crippen molar-refractivity contribution in [3.8, 4) is 0 Å². The average Bonchev–Trinajstić information content (AvgIpc) is 2.60. The maximum atomic E-state index is 12.7. The summed E-state index contributed by atoms with van der Waals surface area (Å²) in [5.74, 6) is -1.51. The number of carbonyl (C=O) groups is 3. The summed E-state index contributed by atoms with van der Waals surface area (Å²) in [5.41, 5.74) is 0.731. The van der Waals surface area contributed by atoms with Crippen LogP contribution >= 0.6 is 0 Å². The third-order valence-corrected chi connectivity index (χ3v) is 3.96. The van der Waals surface area contributed by atoms with Crippen LogP contribution in [-0.4, -0.2) is 46.9 Å². The summed E-state index contributed by atoms with van der Waals surface area (Å²) in [6.07, 6.45) is 2.07. The molecule has 1 rings (SSSR count). The van der Waals surface area contributed by atoms with Crippen molar-refractivity contribution >= 4 is 17.8 Å². The van der Waals surface area contributed by atoms with Crippen LogP contribution in [0, 0.1) is 5.92 Å². The van der Waals surface area contributed by atoms with Gasteiger partial charge in [-0.05, 0) is 43.4 Å². The summed E-state index contributed by atoms with van der Waals surface area (Å²) >= 11 is 0. The van der Waals surface area contributed by atoms with Gasteiger partial charge in [0.1, 0.15) is 6.04 Å². The van der Waals surface area contributed by atoms with E-state index in [0.717, 1.165) is 12.8 Å². The van der Waals surface area contributed by atoms with Crippen LogP contribution in [0.25, 0.3) is 0 Å². The second kappa shape index (κ2) is 10.6. The first kappa shape index (κ1) is 21.7. The van der Waals surface area contributed by atoms with Gasteiger partial charge in [-0.25, -0.2) is 4.79 Å². The summed E-state index contributed by atoms with van der Waals surface area (Å²) in [5, 5.41) is 11.8. The lowest BCUT2D eigenvalue weighted by Gasteiger charge is -2.22. The largest absolute Gasteiger partial charge is 0.480 e. The molecule has 0 fully saturated rings. The molecular formula is C20H30N2O4. The zero-order chi connectivity index (χ0) is 19.7. The van der Waals surface area contributed by atoms with Crippen LogP contribution in [0.2, 0.25) is 0 Å². The first-order valence-electron chi connectivity index (χ1n) is 9.23. The number of carbonyl (C=O) groups excluding carboxylic acids is 2. The zero-order valence-corrected chi connectivity index (χ0v) is 16.1. The van der Waals surface area contributed by atoms with Gasteiger partial charge < -0.3 is 15.3 Å². The number of hydrogen-bond acceptors (Lipinski definition) is 3. The molecule has 0 bridgehead atoms. The van der Waals surface area contributed by atoms with E-state index < -0.39 is 17.9 Å². The van der Waals surface area contributed by atoms with Gasteiger partial charge in [-0.15, -0.1) is 0 Å². The van der Waals surface area contributed by atoms with Crippen LogP contribution in [0.5, 0.6) is 0 Å². The number of aliphatic carboxylic acids is 1. The Labute approximate surface area is 155 Å². The zero-order valence-electron chi connectivity index (χ0n) is 16.1. The Morgan fingerprint density at radius 3 is 2.15 bits per heavy atom. The predicted molar refractivity (Wildman–Crippen MR) is 101 cm³/mol. The third kappa shape index (κ3) is 6.50. The Balaban J connectivity index is 2.95. The van der Waals surface area contributed by atoms with Gasteiger partial charge >= 0.3 is 5.97 Å². The number of nitrogens with zero attached hydrogens (tertiary/aromatic N) is 1. The summed E-state index contributed by atoms with van der Waals surface area (Å²) in [4.78, 5) is 38.2. The normalized spacial score (nSPS) is 11.9. The van der Waals surface area contributed by atoms with Gasteiger partial charge in [0.15, 0.2) is 0 Å². The minimum Gasteiger partial charge on any atom is -0.480 e. The fourth-order valence-electron chi connectivity index (χ4n) is 2.77. The van der Waals surface area contributed by atoms with Crippen LogP contribution in [0.3, 0.4) is 0 Å². The molecule has 0 unspecified atom stereocenters. The van der Waals surface area contributed by atoms with Crippen molar-refractivity contribution in [2.24, 2.45) is 5.92 Å². The standard InChI is InChI=1S/C20H30N2O4/c1-5-10-22(11-6-2)19(24)16-9-7-8-15(13-16)18(23)21-17(20(25)26)12-14(3)4/h7-9,13-14,17H,5-6,10-12H2,1-4H3,(H,21,23)(H,25,26)/t17-/m1/s1. The molecule has 0 aromatic heterocycles. The molecule has 144 valence electrons. The molecule has 0 aliphatic carbocycles. The molecule has 0 saturated carbocycles. The van der Waals surface area contributed by atoms with E-state index in [1.165, 1.54) is 6.07 Å². The van der Waals surface area contributed by atoms with Gasteiger partial charge in [-0.3, -0.25) is 9.59 Å². The molecule has 2 N–H and O–H groups in total. The Kier molecular flexibility index (Phi) is 8.82. The monoisotopic (exact) mass is 362 g/mol. The van der Waals surface area contributed by atoms with Gasteiger partial charge in [0.2, 0.25) is 0 Å². The van der Waals surface area contributed by atoms with Crippen molar-refractivity contribution in [1.29, 1.82) is 0 Å². The molecule has 6 nitrogen and oxygen atoms in total. The topological polar surface area (TPSA) is 86.7 Å². The van der Waals surface area contributed by atoms with Crippen molar-refractivity contribution in [2.45, 2.75) is 53.0 Å². The maximum absolute atomic E-state index is 12.7. The predicted octanol–water partition coefficient (Wildman–Crippen LogP) is 3.18. The molecule has 6 heteroatoms. The molecule has 0 saturated heterocycles. The number of amides is 2. The van der Waals surface area contributed by atoms with Crippen molar-refractivity contribution < 1.29 is 19.5 Å². The highest BCUT2D eigenvalue weighted by Crippen LogP contribution is 2.11. The Morgan fingerprint density at radius 2 is 1.65 bits per heavy atom. The average molecular weight is 362 g/mol. The molecule has 1 aromatic carbocycles. The summed E-state index contributed by atoms with van der Waals surface area (Å²) in [6.45, 7) is 9.16. The number of carboxylic acid groups (broad SMARTS) is 1. The fourth-order valence-corrected chi connectivity index (χ4v) is 2.77. The first-order chi connectivity index (χ1) is 12.3. The molecule has 0 aliphatic heterocycles. The smallest absolute Gasteiger partial charge is 0.326 e. The highest BCUT2D eigenvalue weighted by atomic mass is 16.4. The van der Waals surface area contributed by atoms with Crippen molar-refractivity contribution in [3.63, 3.8) is 0 Å². The molecule has 1 aromatic rings. The van der Waals surface area contributed by atoms with E-state index >= 15 is 0 Å². The number of nitrogens with one attached hydrogen (secondary N) is 1. The lowest BCUT2D eigenvalue weighted by Crippen LogP contribution is -2.41. The molecule has 0 heterocycles. The van der Waals surface area contributed by atoms with E-state index in [1.54, 1.807) is 23.1 Å². The second-order valence-electron chi connectivity index (χ2n) is 6.87. The lowest BCUT2D eigenvalue weighted by molar-refractivity contribution is -0.139. The SMILES string of the molecule is CCCN(CCC)C(=O)c1cccc(C(=O)N[C@H](CC(C)C)C(=O)O)c1. The molecule has 2 amide bonds. The number of hydrogen-bond donors (Lipinski definition) is 2. The minimum absolute atomic E-state index is 0.111. The quantitative estimate of drug-likeness (QED) is 0.669. The summed E-state index contributed by atoms with van der Waals surface area (Å²) in [7, 11) is 0. The van der Waals surface area contributed by atoms with Crippen LogP contribution in [-0.2, 0) is 4.79 Å². The highest BCUT2D eigenvalue weighted by Gasteiger charge is 2.22. The minimum atomic E-state index is -1.06. The molecule has 0 aliphatic rings. The second-order valence-corrected chi connectivity index (χ2v) is 6.87. The van der Waals surface area contributed by atoms with Crippen LogP contribution in [0.4, 0.5) is 0 Å². The maximum Gasteiger partial charge on any atom is 0.326 e. The number of carboxylic acids is 1. The summed E-state index contributed by atoms with van der Waals surface area (Å²) in [6, 6.07) is 5.50. The van der Waals surface area contributed by atoms with Crippen LogP contribution in [0.1, 0.15) is 67.7 Å². The van der Waals surface area contributed by atoms with E-state index in [1.807, 2.05) is 27.7 Å². The Bertz CT molecular complexity index is 622. The van der Waals surface area contributed by atoms with Gasteiger partial charge in [0.25, 0.3) is 11.8 Å². The molecular weight excluding hydrogens is 332 g/mol. The van der Waals surface area contributed by atoms with E-state index in [2.05, 4.69) is 5.32 Å². The van der Waals surface area contributed by atoms with E-state index in [4.69, 9.17) is 0 Å². The third-order valence-electron chi connectivity index (χ3n) is 3.96. The van der Waals surface area contributed by atoms with Gasteiger partial charge in [0, 0.05) is 24.2 Å². The lowest BCUT2D eigenvalue weighted by atomic mass is 10.0. The molecule has 0 spiro atoms. The van der Waals surface area contributed by atoms with E-state index in [-0.39, 0.29) is 11.8 Å². The van der Waals surface area contributed by atoms with E-state index in [0.29, 0.717) is 30.6 Å². The van der Waals surface area contributed by atoms with Crippen molar-refractivity contribution in [3.05, 3.63) is 35.4 Å². The number of rotatable bonds is 10. The molecule has 0 radical (unpaired) electrons. The highest BCUT2D eigenvalue weighted by molar-refractivity contribution is 6.00. The van der Waals surface area contributed by atoms with Crippen LogP contribution in [0.15, 0.2) is 24.3 Å². The number of benzene rings is 1. The first-order valence-corrected chi connectivity index (χ1v) is 9.23. The fraction of sp³-hybridized carbons (Fsp3) is 0.550. The Morgan fingerprint density at radius 1 is 1.08 bits per heavy atom. The van der Waals surface area contributed by atoms with E-state index in [9.17, 15) is 19.5 Å². The molecule has 26 heavy (non-hydrogen) atoms.